The molecule has 148 valence electrons. The van der Waals surface area contributed by atoms with E-state index in [-0.39, 0.29) is 11.8 Å². The summed E-state index contributed by atoms with van der Waals surface area (Å²) in [5.74, 6) is 0.883. The Morgan fingerprint density at radius 1 is 1.21 bits per heavy atom. The molecule has 0 bridgehead atoms. The quantitative estimate of drug-likeness (QED) is 0.649. The van der Waals surface area contributed by atoms with Gasteiger partial charge >= 0.3 is 0 Å². The van der Waals surface area contributed by atoms with Crippen LogP contribution in [0.25, 0.3) is 16.9 Å². The van der Waals surface area contributed by atoms with Crippen molar-refractivity contribution in [1.29, 1.82) is 0 Å². The van der Waals surface area contributed by atoms with Crippen LogP contribution in [0, 0.1) is 5.92 Å². The SMILES string of the molecule is C=C1CC(C(=O)Nc2cc(-c3cccc(CCC)c3)n(-c3ccccc3)n2)CO1. The number of rotatable bonds is 6. The van der Waals surface area contributed by atoms with Gasteiger partial charge in [0.25, 0.3) is 0 Å². The Morgan fingerprint density at radius 2 is 2.03 bits per heavy atom. The third-order valence-corrected chi connectivity index (χ3v) is 5.06. The molecular formula is C24H25N3O2. The summed E-state index contributed by atoms with van der Waals surface area (Å²) in [6, 6.07) is 20.4. The van der Waals surface area contributed by atoms with Crippen LogP contribution >= 0.6 is 0 Å². The zero-order valence-corrected chi connectivity index (χ0v) is 16.6. The first-order valence-corrected chi connectivity index (χ1v) is 10.0. The van der Waals surface area contributed by atoms with Gasteiger partial charge in [-0.15, -0.1) is 5.10 Å². The lowest BCUT2D eigenvalue weighted by molar-refractivity contribution is -0.119. The van der Waals surface area contributed by atoms with Gasteiger partial charge in [0.1, 0.15) is 0 Å². The molecule has 0 aliphatic carbocycles. The van der Waals surface area contributed by atoms with Crippen LogP contribution in [0.3, 0.4) is 0 Å². The van der Waals surface area contributed by atoms with Crippen LogP contribution in [0.4, 0.5) is 5.82 Å². The Kier molecular flexibility index (Phi) is 5.47. The van der Waals surface area contributed by atoms with Crippen molar-refractivity contribution in [2.24, 2.45) is 5.92 Å². The summed E-state index contributed by atoms with van der Waals surface area (Å²) in [7, 11) is 0. The highest BCUT2D eigenvalue weighted by molar-refractivity contribution is 5.92. The maximum absolute atomic E-state index is 12.6. The average molecular weight is 387 g/mol. The van der Waals surface area contributed by atoms with Crippen LogP contribution in [0.1, 0.15) is 25.3 Å². The Bertz CT molecular complexity index is 1020. The third-order valence-electron chi connectivity index (χ3n) is 5.06. The molecule has 1 aliphatic heterocycles. The maximum Gasteiger partial charge on any atom is 0.232 e. The molecule has 1 aliphatic rings. The molecule has 2 heterocycles. The minimum Gasteiger partial charge on any atom is -0.498 e. The zero-order chi connectivity index (χ0) is 20.2. The number of amides is 1. The first kappa shape index (κ1) is 19.0. The Hall–Kier alpha value is -3.34. The topological polar surface area (TPSA) is 56.2 Å². The van der Waals surface area contributed by atoms with E-state index in [9.17, 15) is 4.79 Å². The fourth-order valence-electron chi connectivity index (χ4n) is 3.60. The highest BCUT2D eigenvalue weighted by Crippen LogP contribution is 2.28. The molecule has 5 nitrogen and oxygen atoms in total. The Labute approximate surface area is 171 Å². The number of aromatic nitrogens is 2. The van der Waals surface area contributed by atoms with Crippen LogP contribution < -0.4 is 5.32 Å². The van der Waals surface area contributed by atoms with Crippen LogP contribution in [0.15, 0.2) is 73.0 Å². The number of aryl methyl sites for hydroxylation is 1. The molecule has 4 rings (SSSR count). The van der Waals surface area contributed by atoms with Crippen molar-refractivity contribution < 1.29 is 9.53 Å². The fourth-order valence-corrected chi connectivity index (χ4v) is 3.60. The maximum atomic E-state index is 12.6. The van der Waals surface area contributed by atoms with Crippen LogP contribution in [0.5, 0.6) is 0 Å². The van der Waals surface area contributed by atoms with E-state index in [1.165, 1.54) is 5.56 Å². The van der Waals surface area contributed by atoms with Crippen molar-refractivity contribution in [3.63, 3.8) is 0 Å². The minimum absolute atomic E-state index is 0.0901. The monoisotopic (exact) mass is 387 g/mol. The molecule has 1 amide bonds. The van der Waals surface area contributed by atoms with E-state index >= 15 is 0 Å². The van der Waals surface area contributed by atoms with Crippen molar-refractivity contribution in [2.45, 2.75) is 26.2 Å². The summed E-state index contributed by atoms with van der Waals surface area (Å²) >= 11 is 0. The summed E-state index contributed by atoms with van der Waals surface area (Å²) in [5, 5.41) is 7.64. The van der Waals surface area contributed by atoms with Crippen molar-refractivity contribution >= 4 is 11.7 Å². The standard InChI is InChI=1S/C24H25N3O2/c1-3-8-18-9-7-10-19(14-18)22-15-23(25-24(28)20-13-17(2)29-16-20)26-27(22)21-11-5-4-6-12-21/h4-7,9-12,14-15,20H,2-3,8,13,16H2,1H3,(H,25,26,28). The lowest BCUT2D eigenvalue weighted by Gasteiger charge is -2.09. The number of carbonyl (C=O) groups is 1. The van der Waals surface area contributed by atoms with Crippen LogP contribution in [0.2, 0.25) is 0 Å². The molecule has 3 aromatic rings. The lowest BCUT2D eigenvalue weighted by atomic mass is 10.0. The fraction of sp³-hybridized carbons (Fsp3) is 0.250. The first-order valence-electron chi connectivity index (χ1n) is 10.0. The average Bonchev–Trinajstić information content (AvgIpc) is 3.36. The number of benzene rings is 2. The highest BCUT2D eigenvalue weighted by atomic mass is 16.5. The number of allylic oxidation sites excluding steroid dienone is 1. The number of hydrogen-bond acceptors (Lipinski definition) is 3. The molecule has 1 aromatic heterocycles. The first-order chi connectivity index (χ1) is 14.1. The molecule has 1 N–H and O–H groups in total. The van der Waals surface area contributed by atoms with Crippen molar-refractivity contribution in [3.8, 4) is 16.9 Å². The molecule has 0 spiro atoms. The highest BCUT2D eigenvalue weighted by Gasteiger charge is 2.27. The van der Waals surface area contributed by atoms with Gasteiger partial charge in [-0.05, 0) is 30.2 Å². The van der Waals surface area contributed by atoms with Gasteiger partial charge in [0.15, 0.2) is 5.82 Å². The normalized spacial score (nSPS) is 15.9. The zero-order valence-electron chi connectivity index (χ0n) is 16.6. The molecule has 0 radical (unpaired) electrons. The van der Waals surface area contributed by atoms with E-state index < -0.39 is 0 Å². The third kappa shape index (κ3) is 4.24. The second-order valence-electron chi connectivity index (χ2n) is 7.35. The van der Waals surface area contributed by atoms with Gasteiger partial charge in [-0.2, -0.15) is 0 Å². The number of carbonyl (C=O) groups excluding carboxylic acids is 1. The largest absolute Gasteiger partial charge is 0.498 e. The molecule has 0 saturated carbocycles. The Morgan fingerprint density at radius 3 is 2.76 bits per heavy atom. The summed E-state index contributed by atoms with van der Waals surface area (Å²) in [4.78, 5) is 12.6. The van der Waals surface area contributed by atoms with Crippen molar-refractivity contribution in [1.82, 2.24) is 9.78 Å². The van der Waals surface area contributed by atoms with Gasteiger partial charge in [0.05, 0.1) is 29.7 Å². The van der Waals surface area contributed by atoms with Gasteiger partial charge in [-0.3, -0.25) is 4.79 Å². The molecule has 1 saturated heterocycles. The number of anilines is 1. The van der Waals surface area contributed by atoms with Gasteiger partial charge < -0.3 is 10.1 Å². The number of ether oxygens (including phenoxy) is 1. The van der Waals surface area contributed by atoms with E-state index in [0.29, 0.717) is 24.6 Å². The number of para-hydroxylation sites is 1. The minimum atomic E-state index is -0.222. The molecule has 5 heteroatoms. The van der Waals surface area contributed by atoms with Gasteiger partial charge in [0, 0.05) is 18.1 Å². The summed E-state index contributed by atoms with van der Waals surface area (Å²) in [6.07, 6.45) is 2.68. The molecule has 2 aromatic carbocycles. The summed E-state index contributed by atoms with van der Waals surface area (Å²) in [6.45, 7) is 6.34. The second-order valence-corrected chi connectivity index (χ2v) is 7.35. The molecule has 1 fully saturated rings. The van der Waals surface area contributed by atoms with Crippen molar-refractivity contribution in [2.75, 3.05) is 11.9 Å². The molecule has 1 atom stereocenters. The number of nitrogens with one attached hydrogen (secondary N) is 1. The smallest absolute Gasteiger partial charge is 0.232 e. The van der Waals surface area contributed by atoms with Crippen LogP contribution in [-0.2, 0) is 16.0 Å². The van der Waals surface area contributed by atoms with Gasteiger partial charge in [0.2, 0.25) is 5.91 Å². The molecule has 1 unspecified atom stereocenters. The van der Waals surface area contributed by atoms with Gasteiger partial charge in [-0.1, -0.05) is 56.3 Å². The second kappa shape index (κ2) is 8.35. The van der Waals surface area contributed by atoms with E-state index in [1.807, 2.05) is 41.1 Å². The van der Waals surface area contributed by atoms with E-state index in [0.717, 1.165) is 29.8 Å². The predicted octanol–water partition coefficient (Wildman–Crippen LogP) is 4.98. The van der Waals surface area contributed by atoms with E-state index in [1.54, 1.807) is 0 Å². The lowest BCUT2D eigenvalue weighted by Crippen LogP contribution is -2.23. The Balaban J connectivity index is 1.69. The molecular weight excluding hydrogens is 362 g/mol. The van der Waals surface area contributed by atoms with E-state index in [4.69, 9.17) is 4.74 Å². The van der Waals surface area contributed by atoms with Crippen molar-refractivity contribution in [3.05, 3.63) is 78.6 Å². The number of hydrogen-bond donors (Lipinski definition) is 1. The van der Waals surface area contributed by atoms with Crippen LogP contribution in [-0.4, -0.2) is 22.3 Å². The van der Waals surface area contributed by atoms with Gasteiger partial charge in [-0.25, -0.2) is 4.68 Å². The summed E-state index contributed by atoms with van der Waals surface area (Å²) < 4.78 is 7.23. The predicted molar refractivity (Wildman–Crippen MR) is 115 cm³/mol. The molecule has 29 heavy (non-hydrogen) atoms. The summed E-state index contributed by atoms with van der Waals surface area (Å²) in [5.41, 5.74) is 4.25. The van der Waals surface area contributed by atoms with E-state index in [2.05, 4.69) is 48.2 Å². The number of nitrogens with zero attached hydrogens (tertiary/aromatic N) is 2.